The van der Waals surface area contributed by atoms with Gasteiger partial charge in [0.25, 0.3) is 0 Å². The van der Waals surface area contributed by atoms with Gasteiger partial charge in [0.1, 0.15) is 6.07 Å². The Labute approximate surface area is 124 Å². The van der Waals surface area contributed by atoms with Crippen molar-refractivity contribution in [2.24, 2.45) is 5.73 Å². The zero-order chi connectivity index (χ0) is 14.7. The summed E-state index contributed by atoms with van der Waals surface area (Å²) >= 11 is 0. The molecule has 0 saturated heterocycles. The minimum absolute atomic E-state index is 0.117. The summed E-state index contributed by atoms with van der Waals surface area (Å²) < 4.78 is 0. The van der Waals surface area contributed by atoms with Crippen molar-refractivity contribution in [2.75, 3.05) is 5.32 Å². The van der Waals surface area contributed by atoms with Crippen molar-refractivity contribution in [3.63, 3.8) is 0 Å². The highest BCUT2D eigenvalue weighted by Gasteiger charge is 2.22. The van der Waals surface area contributed by atoms with E-state index in [1.54, 1.807) is 0 Å². The van der Waals surface area contributed by atoms with Gasteiger partial charge < -0.3 is 11.1 Å². The van der Waals surface area contributed by atoms with E-state index in [1.165, 1.54) is 19.3 Å². The molecule has 2 aromatic rings. The largest absolute Gasteiger partial charge is 0.378 e. The van der Waals surface area contributed by atoms with E-state index in [0.717, 1.165) is 29.4 Å². The molecule has 0 amide bonds. The maximum Gasteiger partial charge on any atom is 0.186 e. The van der Waals surface area contributed by atoms with Crippen molar-refractivity contribution in [3.05, 3.63) is 30.0 Å². The van der Waals surface area contributed by atoms with Crippen LogP contribution >= 0.6 is 0 Å². The molecule has 2 atom stereocenters. The third-order valence-electron chi connectivity index (χ3n) is 4.17. The number of hydrogen-bond donors (Lipinski definition) is 2. The summed E-state index contributed by atoms with van der Waals surface area (Å²) in [4.78, 5) is 0. The number of fused-ring (bicyclic) bond motifs is 1. The van der Waals surface area contributed by atoms with Crippen molar-refractivity contribution < 1.29 is 0 Å². The first-order valence-electron chi connectivity index (χ1n) is 7.47. The zero-order valence-corrected chi connectivity index (χ0v) is 11.9. The molecule has 3 rings (SSSR count). The number of nitriles is 1. The first-order valence-corrected chi connectivity index (χ1v) is 7.47. The maximum atomic E-state index is 9.31. The monoisotopic (exact) mass is 281 g/mol. The van der Waals surface area contributed by atoms with E-state index >= 15 is 0 Å². The van der Waals surface area contributed by atoms with Crippen LogP contribution < -0.4 is 11.1 Å². The van der Waals surface area contributed by atoms with E-state index in [4.69, 9.17) is 5.73 Å². The van der Waals surface area contributed by atoms with Gasteiger partial charge in [-0.2, -0.15) is 5.26 Å². The SMILES string of the molecule is N#Cc1nnc2ccccc2c1NC1CCCCCC1N. The van der Waals surface area contributed by atoms with Gasteiger partial charge in [-0.25, -0.2) is 0 Å². The number of nitrogens with zero attached hydrogens (tertiary/aromatic N) is 3. The molecular formula is C16H19N5. The van der Waals surface area contributed by atoms with Crippen molar-refractivity contribution >= 4 is 16.6 Å². The van der Waals surface area contributed by atoms with E-state index in [9.17, 15) is 5.26 Å². The fraction of sp³-hybridized carbons (Fsp3) is 0.438. The molecule has 1 aliphatic carbocycles. The Morgan fingerprint density at radius 3 is 2.81 bits per heavy atom. The lowest BCUT2D eigenvalue weighted by Gasteiger charge is -2.24. The normalized spacial score (nSPS) is 22.5. The summed E-state index contributed by atoms with van der Waals surface area (Å²) in [6.07, 6.45) is 5.63. The smallest absolute Gasteiger partial charge is 0.186 e. The fourth-order valence-corrected chi connectivity index (χ4v) is 2.98. The van der Waals surface area contributed by atoms with Crippen molar-refractivity contribution in [3.8, 4) is 6.07 Å². The Hall–Kier alpha value is -2.19. The summed E-state index contributed by atoms with van der Waals surface area (Å²) in [6.45, 7) is 0. The highest BCUT2D eigenvalue weighted by Crippen LogP contribution is 2.27. The Bertz CT molecular complexity index is 676. The Morgan fingerprint density at radius 1 is 1.14 bits per heavy atom. The van der Waals surface area contributed by atoms with E-state index in [2.05, 4.69) is 21.6 Å². The van der Waals surface area contributed by atoms with Crippen LogP contribution in [0.2, 0.25) is 0 Å². The average Bonchev–Trinajstić information content (AvgIpc) is 2.72. The molecule has 5 heteroatoms. The topological polar surface area (TPSA) is 87.6 Å². The Kier molecular flexibility index (Phi) is 3.98. The van der Waals surface area contributed by atoms with E-state index < -0.39 is 0 Å². The number of nitrogens with one attached hydrogen (secondary N) is 1. The van der Waals surface area contributed by atoms with E-state index in [-0.39, 0.29) is 12.1 Å². The second kappa shape index (κ2) is 6.06. The molecule has 1 fully saturated rings. The first kappa shape index (κ1) is 13.8. The lowest BCUT2D eigenvalue weighted by atomic mass is 10.0. The second-order valence-electron chi connectivity index (χ2n) is 5.61. The summed E-state index contributed by atoms with van der Waals surface area (Å²) in [5.41, 5.74) is 8.18. The van der Waals surface area contributed by atoms with E-state index in [1.807, 2.05) is 24.3 Å². The summed E-state index contributed by atoms with van der Waals surface area (Å²) in [7, 11) is 0. The standard InChI is InChI=1S/C16H19N5/c17-10-15-16(11-6-4-5-8-13(11)20-21-15)19-14-9-3-1-2-7-12(14)18/h4-6,8,12,14H,1-3,7,9,18H2,(H,19,20). The average molecular weight is 281 g/mol. The lowest BCUT2D eigenvalue weighted by molar-refractivity contribution is 0.528. The third kappa shape index (κ3) is 2.81. The lowest BCUT2D eigenvalue weighted by Crippen LogP contribution is -2.39. The van der Waals surface area contributed by atoms with Crippen LogP contribution in [0.3, 0.4) is 0 Å². The van der Waals surface area contributed by atoms with Gasteiger partial charge >= 0.3 is 0 Å². The zero-order valence-electron chi connectivity index (χ0n) is 11.9. The second-order valence-corrected chi connectivity index (χ2v) is 5.61. The highest BCUT2D eigenvalue weighted by molar-refractivity contribution is 5.92. The van der Waals surface area contributed by atoms with Gasteiger partial charge in [-0.05, 0) is 18.9 Å². The van der Waals surface area contributed by atoms with Crippen LogP contribution in [0, 0.1) is 11.3 Å². The number of benzene rings is 1. The third-order valence-corrected chi connectivity index (χ3v) is 4.17. The predicted octanol–water partition coefficient (Wildman–Crippen LogP) is 2.57. The molecule has 0 aliphatic heterocycles. The molecular weight excluding hydrogens is 262 g/mol. The minimum Gasteiger partial charge on any atom is -0.378 e. The molecule has 1 aromatic carbocycles. The van der Waals surface area contributed by atoms with Gasteiger partial charge in [0, 0.05) is 17.5 Å². The molecule has 1 saturated carbocycles. The highest BCUT2D eigenvalue weighted by atomic mass is 15.1. The van der Waals surface area contributed by atoms with Crippen LogP contribution in [-0.4, -0.2) is 22.3 Å². The first-order chi connectivity index (χ1) is 10.3. The fourth-order valence-electron chi connectivity index (χ4n) is 2.98. The van der Waals surface area contributed by atoms with Gasteiger partial charge in [-0.15, -0.1) is 10.2 Å². The van der Waals surface area contributed by atoms with Crippen LogP contribution in [0.5, 0.6) is 0 Å². The summed E-state index contributed by atoms with van der Waals surface area (Å²) in [5, 5.41) is 21.8. The van der Waals surface area contributed by atoms with Gasteiger partial charge in [0.2, 0.25) is 0 Å². The molecule has 0 spiro atoms. The van der Waals surface area contributed by atoms with Crippen molar-refractivity contribution in [2.45, 2.75) is 44.2 Å². The molecule has 0 radical (unpaired) electrons. The summed E-state index contributed by atoms with van der Waals surface area (Å²) in [6, 6.07) is 10.2. The summed E-state index contributed by atoms with van der Waals surface area (Å²) in [5.74, 6) is 0. The van der Waals surface area contributed by atoms with E-state index in [0.29, 0.717) is 5.69 Å². The number of hydrogen-bond acceptors (Lipinski definition) is 5. The van der Waals surface area contributed by atoms with Crippen molar-refractivity contribution in [1.29, 1.82) is 5.26 Å². The molecule has 1 aromatic heterocycles. The predicted molar refractivity (Wildman–Crippen MR) is 82.7 cm³/mol. The molecule has 3 N–H and O–H groups in total. The van der Waals surface area contributed by atoms with Crippen LogP contribution in [0.15, 0.2) is 24.3 Å². The van der Waals surface area contributed by atoms with Crippen LogP contribution in [0.4, 0.5) is 5.69 Å². The number of nitrogens with two attached hydrogens (primary N) is 1. The number of rotatable bonds is 2. The molecule has 0 bridgehead atoms. The van der Waals surface area contributed by atoms with Crippen LogP contribution in [0.25, 0.3) is 10.9 Å². The van der Waals surface area contributed by atoms with Gasteiger partial charge in [0.05, 0.1) is 11.2 Å². The van der Waals surface area contributed by atoms with Crippen molar-refractivity contribution in [1.82, 2.24) is 10.2 Å². The molecule has 1 heterocycles. The minimum atomic E-state index is 0.117. The molecule has 1 aliphatic rings. The van der Waals surface area contributed by atoms with Gasteiger partial charge in [-0.1, -0.05) is 37.5 Å². The Morgan fingerprint density at radius 2 is 1.95 bits per heavy atom. The maximum absolute atomic E-state index is 9.31. The van der Waals surface area contributed by atoms with Crippen LogP contribution in [0.1, 0.15) is 37.8 Å². The van der Waals surface area contributed by atoms with Gasteiger partial charge in [0.15, 0.2) is 5.69 Å². The number of anilines is 1. The molecule has 2 unspecified atom stereocenters. The number of aromatic nitrogens is 2. The molecule has 21 heavy (non-hydrogen) atoms. The molecule has 108 valence electrons. The quantitative estimate of drug-likeness (QED) is 0.826. The van der Waals surface area contributed by atoms with Crippen LogP contribution in [-0.2, 0) is 0 Å². The van der Waals surface area contributed by atoms with Gasteiger partial charge in [-0.3, -0.25) is 0 Å². The molecule has 5 nitrogen and oxygen atoms in total. The Balaban J connectivity index is 2.00.